The molecular weight excluding hydrogens is 346 g/mol. The predicted octanol–water partition coefficient (Wildman–Crippen LogP) is 3.57. The molecule has 1 unspecified atom stereocenters. The highest BCUT2D eigenvalue weighted by Gasteiger charge is 2.29. The van der Waals surface area contributed by atoms with Crippen LogP contribution in [0.2, 0.25) is 5.02 Å². The van der Waals surface area contributed by atoms with E-state index < -0.39 is 5.97 Å². The first-order valence-electron chi connectivity index (χ1n) is 6.47. The van der Waals surface area contributed by atoms with Crippen LogP contribution in [0, 0.1) is 0 Å². The molecular formula is C14H15BrClNO3. The van der Waals surface area contributed by atoms with Gasteiger partial charge in [-0.15, -0.1) is 0 Å². The molecule has 1 N–H and O–H groups in total. The minimum absolute atomic E-state index is 0.0140. The van der Waals surface area contributed by atoms with Crippen molar-refractivity contribution >= 4 is 39.4 Å². The van der Waals surface area contributed by atoms with Crippen LogP contribution in [0.4, 0.5) is 0 Å². The van der Waals surface area contributed by atoms with Crippen molar-refractivity contribution in [3.63, 3.8) is 0 Å². The van der Waals surface area contributed by atoms with Crippen LogP contribution in [0.3, 0.4) is 0 Å². The van der Waals surface area contributed by atoms with Gasteiger partial charge in [-0.2, -0.15) is 0 Å². The first kappa shape index (κ1) is 15.3. The van der Waals surface area contributed by atoms with Gasteiger partial charge in [0, 0.05) is 17.1 Å². The molecule has 2 rings (SSSR count). The largest absolute Gasteiger partial charge is 0.481 e. The molecule has 1 amide bonds. The summed E-state index contributed by atoms with van der Waals surface area (Å²) in [5.41, 5.74) is 0.423. The van der Waals surface area contributed by atoms with E-state index in [0.29, 0.717) is 17.1 Å². The maximum Gasteiger partial charge on any atom is 0.305 e. The fraction of sp³-hybridized carbons (Fsp3) is 0.429. The maximum absolute atomic E-state index is 12.6. The number of aliphatic carboxylic acids is 1. The lowest BCUT2D eigenvalue weighted by molar-refractivity contribution is -0.138. The summed E-state index contributed by atoms with van der Waals surface area (Å²) in [6.45, 7) is 0.586. The Morgan fingerprint density at radius 1 is 1.40 bits per heavy atom. The van der Waals surface area contributed by atoms with Gasteiger partial charge in [-0.05, 0) is 37.5 Å². The maximum atomic E-state index is 12.6. The average Bonchev–Trinajstić information content (AvgIpc) is 2.38. The molecule has 0 aliphatic carbocycles. The van der Waals surface area contributed by atoms with Gasteiger partial charge >= 0.3 is 5.97 Å². The van der Waals surface area contributed by atoms with E-state index >= 15 is 0 Å². The highest BCUT2D eigenvalue weighted by atomic mass is 79.9. The van der Waals surface area contributed by atoms with Crippen LogP contribution in [0.25, 0.3) is 0 Å². The number of likely N-dealkylation sites (tertiary alicyclic amines) is 1. The zero-order chi connectivity index (χ0) is 14.7. The van der Waals surface area contributed by atoms with Gasteiger partial charge in [0.2, 0.25) is 0 Å². The fourth-order valence-electron chi connectivity index (χ4n) is 2.50. The summed E-state index contributed by atoms with van der Waals surface area (Å²) in [6, 6.07) is 4.86. The molecule has 108 valence electrons. The molecule has 0 spiro atoms. The fourth-order valence-corrected chi connectivity index (χ4v) is 3.25. The molecule has 4 nitrogen and oxygen atoms in total. The summed E-state index contributed by atoms with van der Waals surface area (Å²) >= 11 is 9.40. The van der Waals surface area contributed by atoms with Crippen molar-refractivity contribution in [1.82, 2.24) is 4.90 Å². The first-order valence-corrected chi connectivity index (χ1v) is 7.64. The van der Waals surface area contributed by atoms with E-state index in [0.717, 1.165) is 23.7 Å². The Labute approximate surface area is 130 Å². The Kier molecular flexibility index (Phi) is 5.05. The Morgan fingerprint density at radius 2 is 2.15 bits per heavy atom. The molecule has 1 aliphatic heterocycles. The smallest absolute Gasteiger partial charge is 0.305 e. The average molecular weight is 361 g/mol. The van der Waals surface area contributed by atoms with Crippen molar-refractivity contribution in [2.24, 2.45) is 0 Å². The van der Waals surface area contributed by atoms with E-state index in [4.69, 9.17) is 16.7 Å². The Hall–Kier alpha value is -1.07. The Bertz CT molecular complexity index is 535. The molecule has 1 saturated heterocycles. The van der Waals surface area contributed by atoms with Crippen LogP contribution in [0.1, 0.15) is 36.0 Å². The van der Waals surface area contributed by atoms with Gasteiger partial charge in [0.1, 0.15) is 0 Å². The van der Waals surface area contributed by atoms with E-state index in [1.54, 1.807) is 23.1 Å². The van der Waals surface area contributed by atoms with Gasteiger partial charge in [-0.25, -0.2) is 0 Å². The lowest BCUT2D eigenvalue weighted by Crippen LogP contribution is -2.44. The molecule has 0 saturated carbocycles. The SMILES string of the molecule is O=C(O)CC1CCCCN1C(=O)c1ccc(Br)cc1Cl. The summed E-state index contributed by atoms with van der Waals surface area (Å²) in [4.78, 5) is 25.1. The van der Waals surface area contributed by atoms with Crippen molar-refractivity contribution in [2.45, 2.75) is 31.7 Å². The van der Waals surface area contributed by atoms with E-state index in [1.165, 1.54) is 0 Å². The molecule has 0 aromatic heterocycles. The van der Waals surface area contributed by atoms with Crippen LogP contribution < -0.4 is 0 Å². The topological polar surface area (TPSA) is 57.6 Å². The molecule has 1 heterocycles. The van der Waals surface area contributed by atoms with Crippen LogP contribution in [-0.2, 0) is 4.79 Å². The summed E-state index contributed by atoms with van der Waals surface area (Å²) in [6.07, 6.45) is 2.57. The number of rotatable bonds is 3. The highest BCUT2D eigenvalue weighted by molar-refractivity contribution is 9.10. The number of carboxylic acid groups (broad SMARTS) is 1. The second-order valence-corrected chi connectivity index (χ2v) is 6.19. The second kappa shape index (κ2) is 6.59. The van der Waals surface area contributed by atoms with Crippen molar-refractivity contribution < 1.29 is 14.7 Å². The van der Waals surface area contributed by atoms with E-state index in [2.05, 4.69) is 15.9 Å². The van der Waals surface area contributed by atoms with Crippen molar-refractivity contribution in [3.05, 3.63) is 33.3 Å². The monoisotopic (exact) mass is 359 g/mol. The lowest BCUT2D eigenvalue weighted by atomic mass is 9.98. The number of carbonyl (C=O) groups excluding carboxylic acids is 1. The van der Waals surface area contributed by atoms with Crippen LogP contribution in [0.15, 0.2) is 22.7 Å². The summed E-state index contributed by atoms with van der Waals surface area (Å²) in [5, 5.41) is 9.34. The summed E-state index contributed by atoms with van der Waals surface area (Å²) in [7, 11) is 0. The Balaban J connectivity index is 2.22. The summed E-state index contributed by atoms with van der Waals surface area (Å²) in [5.74, 6) is -1.06. The van der Waals surface area contributed by atoms with Crippen molar-refractivity contribution in [3.8, 4) is 0 Å². The Morgan fingerprint density at radius 3 is 2.80 bits per heavy atom. The number of piperidine rings is 1. The number of carbonyl (C=O) groups is 2. The molecule has 1 fully saturated rings. The predicted molar refractivity (Wildman–Crippen MR) is 80.1 cm³/mol. The number of carboxylic acids is 1. The third-order valence-corrected chi connectivity index (χ3v) is 4.27. The molecule has 0 radical (unpaired) electrons. The minimum Gasteiger partial charge on any atom is -0.481 e. The molecule has 1 aromatic carbocycles. The van der Waals surface area contributed by atoms with Gasteiger partial charge in [0.15, 0.2) is 0 Å². The van der Waals surface area contributed by atoms with Crippen molar-refractivity contribution in [1.29, 1.82) is 0 Å². The number of halogens is 2. The minimum atomic E-state index is -0.878. The number of amides is 1. The molecule has 1 aromatic rings. The number of hydrogen-bond acceptors (Lipinski definition) is 2. The first-order chi connectivity index (χ1) is 9.49. The van der Waals surface area contributed by atoms with Gasteiger partial charge in [-0.1, -0.05) is 27.5 Å². The molecule has 1 aliphatic rings. The highest BCUT2D eigenvalue weighted by Crippen LogP contribution is 2.27. The third-order valence-electron chi connectivity index (χ3n) is 3.46. The number of nitrogens with zero attached hydrogens (tertiary/aromatic N) is 1. The van der Waals surface area contributed by atoms with Gasteiger partial charge in [0.25, 0.3) is 5.91 Å². The van der Waals surface area contributed by atoms with Crippen molar-refractivity contribution in [2.75, 3.05) is 6.54 Å². The summed E-state index contributed by atoms with van der Waals surface area (Å²) < 4.78 is 0.805. The van der Waals surface area contributed by atoms with E-state index in [1.807, 2.05) is 0 Å². The molecule has 0 bridgehead atoms. The number of hydrogen-bond donors (Lipinski definition) is 1. The zero-order valence-corrected chi connectivity index (χ0v) is 13.2. The molecule has 6 heteroatoms. The van der Waals surface area contributed by atoms with E-state index in [9.17, 15) is 9.59 Å². The van der Waals surface area contributed by atoms with E-state index in [-0.39, 0.29) is 18.4 Å². The lowest BCUT2D eigenvalue weighted by Gasteiger charge is -2.35. The molecule has 1 atom stereocenters. The standard InChI is InChI=1S/C14H15BrClNO3/c15-9-4-5-11(12(16)7-9)14(20)17-6-2-1-3-10(17)8-13(18)19/h4-5,7,10H,1-3,6,8H2,(H,18,19). The second-order valence-electron chi connectivity index (χ2n) is 4.87. The van der Waals surface area contributed by atoms with Crippen LogP contribution >= 0.6 is 27.5 Å². The quantitative estimate of drug-likeness (QED) is 0.896. The van der Waals surface area contributed by atoms with Crippen LogP contribution in [0.5, 0.6) is 0 Å². The third kappa shape index (κ3) is 3.52. The van der Waals surface area contributed by atoms with Gasteiger partial charge < -0.3 is 10.0 Å². The molecule has 20 heavy (non-hydrogen) atoms. The zero-order valence-electron chi connectivity index (χ0n) is 10.8. The van der Waals surface area contributed by atoms with Gasteiger partial charge in [0.05, 0.1) is 17.0 Å². The normalized spacial score (nSPS) is 18.9. The number of benzene rings is 1. The van der Waals surface area contributed by atoms with Gasteiger partial charge in [-0.3, -0.25) is 9.59 Å². The van der Waals surface area contributed by atoms with Crippen LogP contribution in [-0.4, -0.2) is 34.5 Å².